The Morgan fingerprint density at radius 2 is 2.25 bits per heavy atom. The number of amides is 1. The molecule has 0 aromatic carbocycles. The summed E-state index contributed by atoms with van der Waals surface area (Å²) in [5.41, 5.74) is -0.437. The zero-order valence-corrected chi connectivity index (χ0v) is 12.1. The van der Waals surface area contributed by atoms with E-state index < -0.39 is 5.60 Å². The zero-order valence-electron chi connectivity index (χ0n) is 9.67. The van der Waals surface area contributed by atoms with E-state index in [1.54, 1.807) is 11.3 Å². The van der Waals surface area contributed by atoms with Crippen molar-refractivity contribution >= 4 is 33.4 Å². The van der Waals surface area contributed by atoms with Gasteiger partial charge in [0.15, 0.2) is 0 Å². The number of carbonyl (C=O) groups is 1. The Morgan fingerprint density at radius 3 is 2.75 bits per heavy atom. The summed E-state index contributed by atoms with van der Waals surface area (Å²) in [5.74, 6) is 0. The van der Waals surface area contributed by atoms with Gasteiger partial charge in [-0.3, -0.25) is 0 Å². The Morgan fingerprint density at radius 1 is 1.56 bits per heavy atom. The zero-order chi connectivity index (χ0) is 12.2. The van der Waals surface area contributed by atoms with Crippen LogP contribution in [0.5, 0.6) is 0 Å². The minimum Gasteiger partial charge on any atom is -0.444 e. The molecule has 0 spiro atoms. The lowest BCUT2D eigenvalue weighted by Gasteiger charge is -2.19. The molecule has 0 aliphatic rings. The molecule has 0 radical (unpaired) electrons. The quantitative estimate of drug-likeness (QED) is 0.927. The molecular weight excluding hydrogens is 290 g/mol. The summed E-state index contributed by atoms with van der Waals surface area (Å²) in [6, 6.07) is 2.01. The minimum absolute atomic E-state index is 0.361. The summed E-state index contributed by atoms with van der Waals surface area (Å²) < 4.78 is 6.23. The van der Waals surface area contributed by atoms with Crippen LogP contribution in [-0.4, -0.2) is 18.2 Å². The fourth-order valence-corrected chi connectivity index (χ4v) is 2.65. The van der Waals surface area contributed by atoms with Crippen molar-refractivity contribution in [3.8, 4) is 0 Å². The molecule has 1 aromatic heterocycles. The number of rotatable bonds is 3. The number of ether oxygens (including phenoxy) is 1. The Hall–Kier alpha value is -0.550. The summed E-state index contributed by atoms with van der Waals surface area (Å²) >= 11 is 5.12. The van der Waals surface area contributed by atoms with Gasteiger partial charge in [0.05, 0.1) is 0 Å². The number of nitrogens with one attached hydrogen (secondary N) is 1. The second-order valence-electron chi connectivity index (χ2n) is 4.37. The third-order valence-electron chi connectivity index (χ3n) is 1.71. The van der Waals surface area contributed by atoms with Gasteiger partial charge in [-0.1, -0.05) is 0 Å². The van der Waals surface area contributed by atoms with Gasteiger partial charge in [0, 0.05) is 22.3 Å². The molecule has 90 valence electrons. The number of hydrogen-bond acceptors (Lipinski definition) is 3. The van der Waals surface area contributed by atoms with Gasteiger partial charge in [-0.25, -0.2) is 4.79 Å². The summed E-state index contributed by atoms with van der Waals surface area (Å²) in [4.78, 5) is 12.6. The van der Waals surface area contributed by atoms with E-state index >= 15 is 0 Å². The van der Waals surface area contributed by atoms with Gasteiger partial charge in [-0.05, 0) is 48.1 Å². The first-order valence-electron chi connectivity index (χ1n) is 5.07. The standard InChI is InChI=1S/C11H16BrNO2S/c1-11(2,3)15-10(14)13-6-4-9-8(12)5-7-16-9/h5,7H,4,6H2,1-3H3,(H,13,14). The molecule has 0 saturated carbocycles. The first-order chi connectivity index (χ1) is 7.38. The smallest absolute Gasteiger partial charge is 0.407 e. The van der Waals surface area contributed by atoms with Crippen LogP contribution in [0.25, 0.3) is 0 Å². The predicted molar refractivity (Wildman–Crippen MR) is 70.0 cm³/mol. The molecule has 1 heterocycles. The first kappa shape index (κ1) is 13.5. The van der Waals surface area contributed by atoms with E-state index in [9.17, 15) is 4.79 Å². The number of halogens is 1. The van der Waals surface area contributed by atoms with Crippen LogP contribution in [0.3, 0.4) is 0 Å². The summed E-state index contributed by atoms with van der Waals surface area (Å²) in [6.45, 7) is 6.14. The molecule has 0 saturated heterocycles. The van der Waals surface area contributed by atoms with Crippen molar-refractivity contribution in [1.82, 2.24) is 5.32 Å². The van der Waals surface area contributed by atoms with Crippen molar-refractivity contribution in [2.45, 2.75) is 32.8 Å². The molecule has 0 aliphatic heterocycles. The lowest BCUT2D eigenvalue weighted by molar-refractivity contribution is 0.0528. The summed E-state index contributed by atoms with van der Waals surface area (Å²) in [7, 11) is 0. The van der Waals surface area contributed by atoms with E-state index in [-0.39, 0.29) is 6.09 Å². The largest absolute Gasteiger partial charge is 0.444 e. The van der Waals surface area contributed by atoms with Gasteiger partial charge in [0.25, 0.3) is 0 Å². The maximum absolute atomic E-state index is 11.3. The molecule has 3 nitrogen and oxygen atoms in total. The number of thiophene rings is 1. The average Bonchev–Trinajstić information content (AvgIpc) is 2.48. The molecule has 5 heteroatoms. The van der Waals surface area contributed by atoms with Gasteiger partial charge in [0.2, 0.25) is 0 Å². The fraction of sp³-hybridized carbons (Fsp3) is 0.545. The maximum Gasteiger partial charge on any atom is 0.407 e. The van der Waals surface area contributed by atoms with Crippen LogP contribution >= 0.6 is 27.3 Å². The molecule has 16 heavy (non-hydrogen) atoms. The predicted octanol–water partition coefficient (Wildman–Crippen LogP) is 3.58. The number of carbonyl (C=O) groups excluding carboxylic acids is 1. The normalized spacial score (nSPS) is 11.2. The van der Waals surface area contributed by atoms with Crippen LogP contribution in [0, 0.1) is 0 Å². The van der Waals surface area contributed by atoms with Crippen molar-refractivity contribution in [3.05, 3.63) is 20.8 Å². The van der Waals surface area contributed by atoms with Crippen molar-refractivity contribution in [2.24, 2.45) is 0 Å². The SMILES string of the molecule is CC(C)(C)OC(=O)NCCc1sccc1Br. The third-order valence-corrected chi connectivity index (χ3v) is 3.70. The van der Waals surface area contributed by atoms with Crippen LogP contribution in [0.2, 0.25) is 0 Å². The van der Waals surface area contributed by atoms with E-state index in [2.05, 4.69) is 21.2 Å². The lowest BCUT2D eigenvalue weighted by Crippen LogP contribution is -2.33. The highest BCUT2D eigenvalue weighted by Crippen LogP contribution is 2.22. The molecule has 0 bridgehead atoms. The molecule has 1 N–H and O–H groups in total. The highest BCUT2D eigenvalue weighted by Gasteiger charge is 2.15. The maximum atomic E-state index is 11.3. The topological polar surface area (TPSA) is 38.3 Å². The van der Waals surface area contributed by atoms with Gasteiger partial charge < -0.3 is 10.1 Å². The third kappa shape index (κ3) is 4.99. The average molecular weight is 306 g/mol. The second-order valence-corrected chi connectivity index (χ2v) is 6.23. The Bertz CT molecular complexity index is 357. The highest BCUT2D eigenvalue weighted by atomic mass is 79.9. The highest BCUT2D eigenvalue weighted by molar-refractivity contribution is 9.10. The van der Waals surface area contributed by atoms with Crippen LogP contribution in [0.1, 0.15) is 25.6 Å². The number of hydrogen-bond donors (Lipinski definition) is 1. The molecule has 0 unspecified atom stereocenters. The molecule has 1 aromatic rings. The van der Waals surface area contributed by atoms with E-state index in [1.807, 2.05) is 32.2 Å². The van der Waals surface area contributed by atoms with E-state index in [1.165, 1.54) is 4.88 Å². The van der Waals surface area contributed by atoms with Gasteiger partial charge >= 0.3 is 6.09 Å². The van der Waals surface area contributed by atoms with Crippen LogP contribution < -0.4 is 5.32 Å². The Kier molecular flexibility index (Phi) is 4.80. The monoisotopic (exact) mass is 305 g/mol. The molecule has 0 fully saturated rings. The van der Waals surface area contributed by atoms with E-state index in [0.717, 1.165) is 10.9 Å². The minimum atomic E-state index is -0.437. The van der Waals surface area contributed by atoms with Crippen LogP contribution in [-0.2, 0) is 11.2 Å². The molecule has 1 rings (SSSR count). The summed E-state index contributed by atoms with van der Waals surface area (Å²) in [6.07, 6.45) is 0.456. The molecular formula is C11H16BrNO2S. The molecule has 0 atom stereocenters. The summed E-state index contributed by atoms with van der Waals surface area (Å²) in [5, 5.41) is 4.75. The lowest BCUT2D eigenvalue weighted by atomic mass is 10.2. The van der Waals surface area contributed by atoms with E-state index in [0.29, 0.717) is 6.54 Å². The van der Waals surface area contributed by atoms with Crippen molar-refractivity contribution in [3.63, 3.8) is 0 Å². The molecule has 0 aliphatic carbocycles. The second kappa shape index (κ2) is 5.68. The van der Waals surface area contributed by atoms with Crippen LogP contribution in [0.15, 0.2) is 15.9 Å². The van der Waals surface area contributed by atoms with Crippen molar-refractivity contribution in [2.75, 3.05) is 6.54 Å². The Balaban J connectivity index is 2.26. The van der Waals surface area contributed by atoms with Crippen LogP contribution in [0.4, 0.5) is 4.79 Å². The molecule has 1 amide bonds. The number of alkyl carbamates (subject to hydrolysis) is 1. The van der Waals surface area contributed by atoms with Crippen molar-refractivity contribution in [1.29, 1.82) is 0 Å². The van der Waals surface area contributed by atoms with Gasteiger partial charge in [0.1, 0.15) is 5.60 Å². The van der Waals surface area contributed by atoms with Gasteiger partial charge in [-0.2, -0.15) is 0 Å². The Labute approximate surface area is 108 Å². The fourth-order valence-electron chi connectivity index (χ4n) is 1.10. The van der Waals surface area contributed by atoms with Crippen molar-refractivity contribution < 1.29 is 9.53 Å². The van der Waals surface area contributed by atoms with Gasteiger partial charge in [-0.15, -0.1) is 11.3 Å². The van der Waals surface area contributed by atoms with E-state index in [4.69, 9.17) is 4.74 Å². The first-order valence-corrected chi connectivity index (χ1v) is 6.74.